The minimum Gasteiger partial charge on any atom is -0.497 e. The van der Waals surface area contributed by atoms with Crippen molar-refractivity contribution >= 4 is 54.0 Å². The van der Waals surface area contributed by atoms with E-state index in [2.05, 4.69) is 0 Å². The lowest BCUT2D eigenvalue weighted by Gasteiger charge is -2.33. The van der Waals surface area contributed by atoms with E-state index < -0.39 is 10.0 Å². The molecule has 1 amide bonds. The number of thiazole rings is 1. The minimum absolute atomic E-state index is 0.0102. The van der Waals surface area contributed by atoms with Gasteiger partial charge in [0.25, 0.3) is 10.0 Å². The van der Waals surface area contributed by atoms with E-state index in [9.17, 15) is 13.2 Å². The van der Waals surface area contributed by atoms with Gasteiger partial charge in [0.1, 0.15) is 9.96 Å². The minimum atomic E-state index is -3.49. The number of aromatic nitrogens is 1. The van der Waals surface area contributed by atoms with Crippen LogP contribution in [0, 0.1) is 5.92 Å². The fraction of sp³-hybridized carbons (Fsp3) is 0.455. The average Bonchev–Trinajstić information content (AvgIpc) is 3.49. The van der Waals surface area contributed by atoms with Gasteiger partial charge in [-0.1, -0.05) is 17.4 Å². The highest BCUT2D eigenvalue weighted by Gasteiger charge is 2.35. The highest BCUT2D eigenvalue weighted by molar-refractivity contribution is 7.91. The molecule has 11 heteroatoms. The third kappa shape index (κ3) is 5.22. The molecule has 0 N–H and O–H groups in total. The first-order valence-corrected chi connectivity index (χ1v) is 13.9. The Bertz CT molecular complexity index is 1200. The van der Waals surface area contributed by atoms with Crippen LogP contribution in [0.5, 0.6) is 5.75 Å². The summed E-state index contributed by atoms with van der Waals surface area (Å²) in [6.45, 7) is 1.91. The Kier molecular flexibility index (Phi) is 7.34. The van der Waals surface area contributed by atoms with Gasteiger partial charge >= 0.3 is 0 Å². The van der Waals surface area contributed by atoms with E-state index in [1.165, 1.54) is 27.0 Å². The zero-order chi connectivity index (χ0) is 23.6. The van der Waals surface area contributed by atoms with E-state index in [1.54, 1.807) is 29.5 Å². The number of piperidine rings is 1. The van der Waals surface area contributed by atoms with Crippen LogP contribution >= 0.6 is 22.7 Å². The maximum absolute atomic E-state index is 13.6. The molecule has 0 unspecified atom stereocenters. The molecule has 0 saturated carbocycles. The van der Waals surface area contributed by atoms with Gasteiger partial charge in [-0.15, -0.1) is 11.3 Å². The smallest absolute Gasteiger partial charge is 0.252 e. The number of hydrogen-bond donors (Lipinski definition) is 0. The van der Waals surface area contributed by atoms with E-state index in [4.69, 9.17) is 9.72 Å². The normalized spacial score (nSPS) is 15.9. The molecule has 1 aromatic carbocycles. The molecule has 1 saturated heterocycles. The summed E-state index contributed by atoms with van der Waals surface area (Å²) < 4.78 is 33.8. The van der Waals surface area contributed by atoms with Crippen LogP contribution in [0.15, 0.2) is 39.9 Å². The van der Waals surface area contributed by atoms with Crippen molar-refractivity contribution in [3.8, 4) is 5.75 Å². The van der Waals surface area contributed by atoms with E-state index in [0.29, 0.717) is 48.4 Å². The van der Waals surface area contributed by atoms with E-state index in [1.807, 2.05) is 37.2 Å². The third-order valence-electron chi connectivity index (χ3n) is 5.74. The van der Waals surface area contributed by atoms with Crippen molar-refractivity contribution in [1.82, 2.24) is 14.2 Å². The van der Waals surface area contributed by atoms with Gasteiger partial charge in [-0.3, -0.25) is 9.69 Å². The molecule has 178 valence electrons. The number of fused-ring (bicyclic) bond motifs is 1. The summed E-state index contributed by atoms with van der Waals surface area (Å²) in [5.74, 6) is 0.530. The largest absolute Gasteiger partial charge is 0.497 e. The number of benzene rings is 1. The Labute approximate surface area is 202 Å². The Morgan fingerprint density at radius 3 is 2.61 bits per heavy atom. The molecule has 4 rings (SSSR count). The Hall–Kier alpha value is -2.05. The summed E-state index contributed by atoms with van der Waals surface area (Å²) >= 11 is 2.69. The highest BCUT2D eigenvalue weighted by Crippen LogP contribution is 2.34. The van der Waals surface area contributed by atoms with Crippen molar-refractivity contribution in [2.45, 2.75) is 17.1 Å². The number of rotatable bonds is 8. The molecule has 33 heavy (non-hydrogen) atoms. The maximum atomic E-state index is 13.6. The van der Waals surface area contributed by atoms with Crippen LogP contribution < -0.4 is 9.64 Å². The lowest BCUT2D eigenvalue weighted by molar-refractivity contribution is -0.123. The number of likely N-dealkylation sites (N-methyl/N-ethyl adjacent to an activating group) is 1. The lowest BCUT2D eigenvalue weighted by atomic mass is 9.96. The van der Waals surface area contributed by atoms with Crippen molar-refractivity contribution in [2.75, 3.05) is 52.3 Å². The Morgan fingerprint density at radius 1 is 1.21 bits per heavy atom. The number of methoxy groups -OCH3 is 1. The molecule has 1 aliphatic heterocycles. The Morgan fingerprint density at radius 2 is 1.97 bits per heavy atom. The first kappa shape index (κ1) is 24.1. The summed E-state index contributed by atoms with van der Waals surface area (Å²) in [6, 6.07) is 9.06. The van der Waals surface area contributed by atoms with Crippen LogP contribution in [0.1, 0.15) is 12.8 Å². The standard InChI is InChI=1S/C22H28N4O4S3/c1-24(2)12-13-26(22-23-18-7-6-17(30-3)15-19(18)32-22)21(27)16-8-10-25(11-9-16)33(28,29)20-5-4-14-31-20/h4-7,14-16H,8-13H2,1-3H3. The van der Waals surface area contributed by atoms with Gasteiger partial charge in [0, 0.05) is 32.1 Å². The van der Waals surface area contributed by atoms with Gasteiger partial charge in [0.15, 0.2) is 5.13 Å². The van der Waals surface area contributed by atoms with Gasteiger partial charge in [-0.25, -0.2) is 13.4 Å². The van der Waals surface area contributed by atoms with Crippen molar-refractivity contribution < 1.29 is 17.9 Å². The molecule has 0 bridgehead atoms. The van der Waals surface area contributed by atoms with Gasteiger partial charge in [-0.05, 0) is 56.6 Å². The monoisotopic (exact) mass is 508 g/mol. The second-order valence-corrected chi connectivity index (χ2v) is 12.4. The van der Waals surface area contributed by atoms with E-state index in [-0.39, 0.29) is 11.8 Å². The molecule has 0 radical (unpaired) electrons. The number of amides is 1. The summed E-state index contributed by atoms with van der Waals surface area (Å²) in [6.07, 6.45) is 1.00. The first-order valence-electron chi connectivity index (χ1n) is 10.7. The van der Waals surface area contributed by atoms with Crippen molar-refractivity contribution in [3.63, 3.8) is 0 Å². The third-order valence-corrected chi connectivity index (χ3v) is 10.1. The zero-order valence-electron chi connectivity index (χ0n) is 18.9. The second kappa shape index (κ2) is 10.1. The predicted molar refractivity (Wildman–Crippen MR) is 133 cm³/mol. The summed E-state index contributed by atoms with van der Waals surface area (Å²) in [5.41, 5.74) is 0.829. The number of anilines is 1. The first-order chi connectivity index (χ1) is 15.8. The molecular formula is C22H28N4O4S3. The molecule has 2 aromatic heterocycles. The predicted octanol–water partition coefficient (Wildman–Crippen LogP) is 3.36. The number of carbonyl (C=O) groups excluding carboxylic acids is 1. The van der Waals surface area contributed by atoms with Gasteiger partial charge < -0.3 is 9.64 Å². The van der Waals surface area contributed by atoms with Crippen molar-refractivity contribution in [1.29, 1.82) is 0 Å². The van der Waals surface area contributed by atoms with Crippen LogP contribution in [-0.2, 0) is 14.8 Å². The summed E-state index contributed by atoms with van der Waals surface area (Å²) in [7, 11) is 2.08. The average molecular weight is 509 g/mol. The van der Waals surface area contributed by atoms with Crippen LogP contribution in [0.3, 0.4) is 0 Å². The van der Waals surface area contributed by atoms with Crippen LogP contribution in [0.4, 0.5) is 5.13 Å². The fourth-order valence-electron chi connectivity index (χ4n) is 3.84. The zero-order valence-corrected chi connectivity index (χ0v) is 21.4. The molecule has 3 heterocycles. The van der Waals surface area contributed by atoms with Crippen molar-refractivity contribution in [3.05, 3.63) is 35.7 Å². The van der Waals surface area contributed by atoms with E-state index >= 15 is 0 Å². The van der Waals surface area contributed by atoms with Crippen LogP contribution in [-0.4, -0.2) is 75.9 Å². The molecule has 3 aromatic rings. The number of sulfonamides is 1. The van der Waals surface area contributed by atoms with E-state index in [0.717, 1.165) is 16.0 Å². The maximum Gasteiger partial charge on any atom is 0.252 e. The number of thiophene rings is 1. The molecule has 0 spiro atoms. The number of hydrogen-bond acceptors (Lipinski definition) is 8. The molecule has 1 fully saturated rings. The quantitative estimate of drug-likeness (QED) is 0.464. The Balaban J connectivity index is 1.52. The topological polar surface area (TPSA) is 83.1 Å². The molecular weight excluding hydrogens is 480 g/mol. The summed E-state index contributed by atoms with van der Waals surface area (Å²) in [4.78, 5) is 22.1. The van der Waals surface area contributed by atoms with Gasteiger partial charge in [-0.2, -0.15) is 4.31 Å². The number of ether oxygens (including phenoxy) is 1. The lowest BCUT2D eigenvalue weighted by Crippen LogP contribution is -2.45. The molecule has 0 atom stereocenters. The van der Waals surface area contributed by atoms with Gasteiger partial charge in [0.05, 0.1) is 17.3 Å². The summed E-state index contributed by atoms with van der Waals surface area (Å²) in [5, 5.41) is 2.43. The van der Waals surface area contributed by atoms with Gasteiger partial charge in [0.2, 0.25) is 5.91 Å². The van der Waals surface area contributed by atoms with Crippen LogP contribution in [0.2, 0.25) is 0 Å². The SMILES string of the molecule is COc1ccc2nc(N(CCN(C)C)C(=O)C3CCN(S(=O)(=O)c4cccs4)CC3)sc2c1. The number of nitrogens with zero attached hydrogens (tertiary/aromatic N) is 4. The highest BCUT2D eigenvalue weighted by atomic mass is 32.2. The van der Waals surface area contributed by atoms with Crippen molar-refractivity contribution in [2.24, 2.45) is 5.92 Å². The molecule has 0 aliphatic carbocycles. The number of carbonyl (C=O) groups is 1. The van der Waals surface area contributed by atoms with Crippen LogP contribution in [0.25, 0.3) is 10.2 Å². The molecule has 1 aliphatic rings. The molecule has 8 nitrogen and oxygen atoms in total. The second-order valence-electron chi connectivity index (χ2n) is 8.23. The fourth-order valence-corrected chi connectivity index (χ4v) is 7.48.